The number of nitrogens with one attached hydrogen (secondary N) is 1. The number of benzene rings is 1. The van der Waals surface area contributed by atoms with Crippen molar-refractivity contribution >= 4 is 39.8 Å². The van der Waals surface area contributed by atoms with Gasteiger partial charge in [0.15, 0.2) is 5.13 Å². The fourth-order valence-corrected chi connectivity index (χ4v) is 4.16. The van der Waals surface area contributed by atoms with Crippen LogP contribution in [0, 0.1) is 0 Å². The zero-order valence-corrected chi connectivity index (χ0v) is 13.4. The number of anilines is 2. The van der Waals surface area contributed by atoms with Gasteiger partial charge in [-0.05, 0) is 18.6 Å². The van der Waals surface area contributed by atoms with E-state index in [4.69, 9.17) is 0 Å². The average Bonchev–Trinajstić information content (AvgIpc) is 2.99. The summed E-state index contributed by atoms with van der Waals surface area (Å²) in [4.78, 5) is 19.7. The molecule has 21 heavy (non-hydrogen) atoms. The van der Waals surface area contributed by atoms with Gasteiger partial charge >= 0.3 is 0 Å². The van der Waals surface area contributed by atoms with Crippen LogP contribution in [0.5, 0.6) is 0 Å². The summed E-state index contributed by atoms with van der Waals surface area (Å²) in [6.07, 6.45) is 2.80. The molecule has 0 bridgehead atoms. The number of amides is 1. The minimum absolute atomic E-state index is 0.0125. The van der Waals surface area contributed by atoms with Gasteiger partial charge in [-0.25, -0.2) is 4.98 Å². The van der Waals surface area contributed by atoms with Crippen LogP contribution in [0.2, 0.25) is 0 Å². The first-order valence-electron chi connectivity index (χ1n) is 6.96. The van der Waals surface area contributed by atoms with E-state index in [0.717, 1.165) is 18.7 Å². The maximum absolute atomic E-state index is 12.2. The van der Waals surface area contributed by atoms with Gasteiger partial charge < -0.3 is 10.2 Å². The lowest BCUT2D eigenvalue weighted by atomic mass is 10.2. The summed E-state index contributed by atoms with van der Waals surface area (Å²) in [5.74, 6) is -0.0125. The summed E-state index contributed by atoms with van der Waals surface area (Å²) in [6.45, 7) is 3.47. The number of thiazole rings is 1. The van der Waals surface area contributed by atoms with Crippen molar-refractivity contribution in [2.24, 2.45) is 0 Å². The van der Waals surface area contributed by atoms with E-state index in [-0.39, 0.29) is 5.91 Å². The Kier molecular flexibility index (Phi) is 4.45. The predicted molar refractivity (Wildman–Crippen MR) is 89.3 cm³/mol. The second-order valence-electron chi connectivity index (χ2n) is 4.88. The van der Waals surface area contributed by atoms with Gasteiger partial charge in [0.1, 0.15) is 0 Å². The van der Waals surface area contributed by atoms with Crippen LogP contribution in [0.15, 0.2) is 40.7 Å². The first-order chi connectivity index (χ1) is 10.3. The van der Waals surface area contributed by atoms with Gasteiger partial charge in [-0.15, -0.1) is 23.1 Å². The fourth-order valence-electron chi connectivity index (χ4n) is 2.36. The molecule has 110 valence electrons. The quantitative estimate of drug-likeness (QED) is 0.937. The SMILES string of the molecule is CCC1CN(CC(=O)Nc2nccs2)c2ccccc2S1. The third kappa shape index (κ3) is 3.39. The van der Waals surface area contributed by atoms with Gasteiger partial charge in [-0.1, -0.05) is 19.1 Å². The number of hydrogen-bond acceptors (Lipinski definition) is 5. The summed E-state index contributed by atoms with van der Waals surface area (Å²) >= 11 is 3.35. The van der Waals surface area contributed by atoms with Crippen LogP contribution >= 0.6 is 23.1 Å². The Morgan fingerprint density at radius 2 is 2.33 bits per heavy atom. The monoisotopic (exact) mass is 319 g/mol. The molecule has 6 heteroatoms. The van der Waals surface area contributed by atoms with Crippen molar-refractivity contribution in [1.82, 2.24) is 4.98 Å². The van der Waals surface area contributed by atoms with Crippen LogP contribution in [-0.2, 0) is 4.79 Å². The van der Waals surface area contributed by atoms with E-state index >= 15 is 0 Å². The highest BCUT2D eigenvalue weighted by molar-refractivity contribution is 8.00. The lowest BCUT2D eigenvalue weighted by molar-refractivity contribution is -0.115. The Hall–Kier alpha value is -1.53. The van der Waals surface area contributed by atoms with E-state index in [9.17, 15) is 4.79 Å². The standard InChI is InChI=1S/C15H17N3OS2/c1-2-11-9-18(12-5-3-4-6-13(12)21-11)10-14(19)17-15-16-7-8-20-15/h3-8,11H,2,9-10H2,1H3,(H,16,17,19). The first kappa shape index (κ1) is 14.4. The molecule has 1 aromatic heterocycles. The molecule has 2 aromatic rings. The Morgan fingerprint density at radius 1 is 1.48 bits per heavy atom. The third-order valence-corrected chi connectivity index (χ3v) is 5.50. The van der Waals surface area contributed by atoms with Crippen LogP contribution in [-0.4, -0.2) is 29.2 Å². The summed E-state index contributed by atoms with van der Waals surface area (Å²) < 4.78 is 0. The molecular formula is C15H17N3OS2. The van der Waals surface area contributed by atoms with Crippen molar-refractivity contribution in [3.8, 4) is 0 Å². The van der Waals surface area contributed by atoms with E-state index in [2.05, 4.69) is 40.3 Å². The molecule has 2 heterocycles. The molecule has 1 amide bonds. The van der Waals surface area contributed by atoms with Gasteiger partial charge in [0.05, 0.1) is 12.2 Å². The van der Waals surface area contributed by atoms with Crippen LogP contribution in [0.4, 0.5) is 10.8 Å². The van der Waals surface area contributed by atoms with Crippen molar-refractivity contribution in [2.75, 3.05) is 23.3 Å². The van der Waals surface area contributed by atoms with Crippen molar-refractivity contribution < 1.29 is 4.79 Å². The molecule has 0 fully saturated rings. The number of fused-ring (bicyclic) bond motifs is 1. The maximum Gasteiger partial charge on any atom is 0.245 e. The molecular weight excluding hydrogens is 302 g/mol. The highest BCUT2D eigenvalue weighted by Crippen LogP contribution is 2.39. The maximum atomic E-state index is 12.2. The number of rotatable bonds is 4. The molecule has 4 nitrogen and oxygen atoms in total. The minimum atomic E-state index is -0.0125. The lowest BCUT2D eigenvalue weighted by Gasteiger charge is -2.34. The molecule has 1 N–H and O–H groups in total. The number of aromatic nitrogens is 1. The first-order valence-corrected chi connectivity index (χ1v) is 8.72. The van der Waals surface area contributed by atoms with E-state index in [0.29, 0.717) is 16.9 Å². The summed E-state index contributed by atoms with van der Waals surface area (Å²) in [5.41, 5.74) is 1.15. The van der Waals surface area contributed by atoms with Crippen molar-refractivity contribution in [3.63, 3.8) is 0 Å². The topological polar surface area (TPSA) is 45.2 Å². The second kappa shape index (κ2) is 6.49. The predicted octanol–water partition coefficient (Wildman–Crippen LogP) is 3.47. The number of carbonyl (C=O) groups excluding carboxylic acids is 1. The van der Waals surface area contributed by atoms with E-state index < -0.39 is 0 Å². The molecule has 0 saturated heterocycles. The van der Waals surface area contributed by atoms with Crippen LogP contribution < -0.4 is 10.2 Å². The molecule has 0 saturated carbocycles. The van der Waals surface area contributed by atoms with Gasteiger partial charge in [-0.3, -0.25) is 4.79 Å². The van der Waals surface area contributed by atoms with E-state index in [1.807, 2.05) is 23.2 Å². The normalized spacial score (nSPS) is 17.4. The number of hydrogen-bond donors (Lipinski definition) is 1. The molecule has 1 atom stereocenters. The van der Waals surface area contributed by atoms with Gasteiger partial charge in [0, 0.05) is 28.3 Å². The largest absolute Gasteiger partial charge is 0.360 e. The minimum Gasteiger partial charge on any atom is -0.360 e. The van der Waals surface area contributed by atoms with Gasteiger partial charge in [-0.2, -0.15) is 0 Å². The Bertz CT molecular complexity index is 615. The van der Waals surface area contributed by atoms with Crippen LogP contribution in [0.25, 0.3) is 0 Å². The molecule has 1 unspecified atom stereocenters. The highest BCUT2D eigenvalue weighted by Gasteiger charge is 2.25. The van der Waals surface area contributed by atoms with Crippen molar-refractivity contribution in [2.45, 2.75) is 23.5 Å². The molecule has 3 rings (SSSR count). The summed E-state index contributed by atoms with van der Waals surface area (Å²) in [5, 5.41) is 5.90. The van der Waals surface area contributed by atoms with Crippen LogP contribution in [0.3, 0.4) is 0 Å². The number of carbonyl (C=O) groups is 1. The van der Waals surface area contributed by atoms with Crippen molar-refractivity contribution in [3.05, 3.63) is 35.8 Å². The molecule has 0 aliphatic carbocycles. The van der Waals surface area contributed by atoms with E-state index in [1.165, 1.54) is 16.2 Å². The lowest BCUT2D eigenvalue weighted by Crippen LogP contribution is -2.40. The molecule has 0 radical (unpaired) electrons. The molecule has 1 aliphatic rings. The van der Waals surface area contributed by atoms with Gasteiger partial charge in [0.2, 0.25) is 5.91 Å². The van der Waals surface area contributed by atoms with Crippen molar-refractivity contribution in [1.29, 1.82) is 0 Å². The zero-order chi connectivity index (χ0) is 14.7. The Labute approximate surface area is 132 Å². The van der Waals surface area contributed by atoms with Gasteiger partial charge in [0.25, 0.3) is 0 Å². The Balaban J connectivity index is 1.73. The highest BCUT2D eigenvalue weighted by atomic mass is 32.2. The average molecular weight is 319 g/mol. The smallest absolute Gasteiger partial charge is 0.245 e. The fraction of sp³-hybridized carbons (Fsp3) is 0.333. The molecule has 1 aromatic carbocycles. The summed E-state index contributed by atoms with van der Waals surface area (Å²) in [6, 6.07) is 8.30. The second-order valence-corrected chi connectivity index (χ2v) is 7.12. The van der Waals surface area contributed by atoms with E-state index in [1.54, 1.807) is 6.20 Å². The zero-order valence-electron chi connectivity index (χ0n) is 11.8. The number of thioether (sulfide) groups is 1. The third-order valence-electron chi connectivity index (χ3n) is 3.39. The number of para-hydroxylation sites is 1. The van der Waals surface area contributed by atoms with Crippen LogP contribution in [0.1, 0.15) is 13.3 Å². The Morgan fingerprint density at radius 3 is 3.10 bits per heavy atom. The summed E-state index contributed by atoms with van der Waals surface area (Å²) in [7, 11) is 0. The molecule has 0 spiro atoms. The molecule has 1 aliphatic heterocycles. The number of nitrogens with zero attached hydrogens (tertiary/aromatic N) is 2.